The Labute approximate surface area is 169 Å². The van der Waals surface area contributed by atoms with E-state index >= 15 is 0 Å². The molecule has 2 heterocycles. The van der Waals surface area contributed by atoms with Crippen LogP contribution in [0.3, 0.4) is 0 Å². The highest BCUT2D eigenvalue weighted by Crippen LogP contribution is 2.24. The normalized spacial score (nSPS) is 11.2. The Bertz CT molecular complexity index is 1270. The number of para-hydroxylation sites is 1. The molecule has 0 aliphatic rings. The van der Waals surface area contributed by atoms with E-state index in [1.807, 2.05) is 18.2 Å². The minimum absolute atomic E-state index is 0.822. The molecule has 0 saturated carbocycles. The Hall–Kier alpha value is -3.66. The number of aromatic nitrogens is 3. The fourth-order valence-electron chi connectivity index (χ4n) is 3.88. The van der Waals surface area contributed by atoms with Gasteiger partial charge in [0.15, 0.2) is 0 Å². The van der Waals surface area contributed by atoms with Crippen LogP contribution in [0.2, 0.25) is 0 Å². The van der Waals surface area contributed by atoms with Gasteiger partial charge in [0.1, 0.15) is 12.1 Å². The maximum atomic E-state index is 4.44. The van der Waals surface area contributed by atoms with E-state index in [1.54, 1.807) is 6.33 Å². The topological polar surface area (TPSA) is 53.6 Å². The summed E-state index contributed by atoms with van der Waals surface area (Å²) >= 11 is 0. The van der Waals surface area contributed by atoms with Crippen LogP contribution in [0.25, 0.3) is 33.1 Å². The van der Waals surface area contributed by atoms with Crippen LogP contribution in [0.15, 0.2) is 79.1 Å². The molecule has 0 unspecified atom stereocenters. The summed E-state index contributed by atoms with van der Waals surface area (Å²) in [5.41, 5.74) is 5.72. The molecule has 2 aromatic heterocycles. The third-order valence-corrected chi connectivity index (χ3v) is 5.48. The summed E-state index contributed by atoms with van der Waals surface area (Å²) in [5.74, 6) is 0.840. The number of nitrogens with zero attached hydrogens (tertiary/aromatic N) is 2. The summed E-state index contributed by atoms with van der Waals surface area (Å²) in [5, 5.41) is 7.25. The van der Waals surface area contributed by atoms with Crippen molar-refractivity contribution in [1.82, 2.24) is 15.0 Å². The molecule has 0 aliphatic heterocycles. The van der Waals surface area contributed by atoms with Gasteiger partial charge in [-0.25, -0.2) is 9.97 Å². The first-order valence-electron chi connectivity index (χ1n) is 9.89. The minimum atomic E-state index is 0.822. The summed E-state index contributed by atoms with van der Waals surface area (Å²) in [6.45, 7) is 3.03. The summed E-state index contributed by atoms with van der Waals surface area (Å²) in [4.78, 5) is 12.3. The predicted molar refractivity (Wildman–Crippen MR) is 120 cm³/mol. The molecular weight excluding hydrogens is 356 g/mol. The van der Waals surface area contributed by atoms with Gasteiger partial charge in [-0.15, -0.1) is 0 Å². The lowest BCUT2D eigenvalue weighted by atomic mass is 9.98. The molecule has 0 atom stereocenters. The lowest BCUT2D eigenvalue weighted by Gasteiger charge is -2.11. The summed E-state index contributed by atoms with van der Waals surface area (Å²) < 4.78 is 0. The average molecular weight is 378 g/mol. The van der Waals surface area contributed by atoms with Gasteiger partial charge in [-0.2, -0.15) is 0 Å². The quantitative estimate of drug-likeness (QED) is 0.410. The van der Waals surface area contributed by atoms with Gasteiger partial charge in [0, 0.05) is 23.5 Å². The number of aromatic amines is 1. The zero-order valence-electron chi connectivity index (χ0n) is 16.3. The maximum absolute atomic E-state index is 4.44. The van der Waals surface area contributed by atoms with Gasteiger partial charge in [-0.05, 0) is 47.4 Å². The number of nitrogens with one attached hydrogen (secondary N) is 2. The number of hydrogen-bond donors (Lipinski definition) is 2. The van der Waals surface area contributed by atoms with Crippen molar-refractivity contribution in [1.29, 1.82) is 0 Å². The fraction of sp³-hybridized carbons (Fsp3) is 0.120. The molecule has 0 radical (unpaired) electrons. The lowest BCUT2D eigenvalue weighted by molar-refractivity contribution is 0.992. The molecule has 3 aromatic carbocycles. The number of anilines is 1. The Morgan fingerprint density at radius 3 is 2.59 bits per heavy atom. The van der Waals surface area contributed by atoms with Crippen LogP contribution in [-0.4, -0.2) is 21.5 Å². The van der Waals surface area contributed by atoms with E-state index in [4.69, 9.17) is 0 Å². The summed E-state index contributed by atoms with van der Waals surface area (Å²) in [7, 11) is 0. The molecule has 0 saturated heterocycles. The highest BCUT2D eigenvalue weighted by molar-refractivity contribution is 5.87. The summed E-state index contributed by atoms with van der Waals surface area (Å²) in [6, 6.07) is 25.4. The molecular formula is C25H22N4. The molecule has 142 valence electrons. The maximum Gasteiger partial charge on any atom is 0.130 e. The second kappa shape index (κ2) is 7.40. The van der Waals surface area contributed by atoms with Crippen molar-refractivity contribution < 1.29 is 0 Å². The molecule has 4 nitrogen and oxygen atoms in total. The molecule has 29 heavy (non-hydrogen) atoms. The molecule has 5 aromatic rings. The number of H-pyrrole nitrogens is 1. The van der Waals surface area contributed by atoms with Crippen molar-refractivity contribution in [2.24, 2.45) is 0 Å². The van der Waals surface area contributed by atoms with E-state index < -0.39 is 0 Å². The van der Waals surface area contributed by atoms with Crippen LogP contribution in [-0.2, 0) is 6.42 Å². The number of fused-ring (bicyclic) bond motifs is 2. The van der Waals surface area contributed by atoms with E-state index in [2.05, 4.69) is 81.8 Å². The third-order valence-electron chi connectivity index (χ3n) is 5.48. The zero-order valence-corrected chi connectivity index (χ0v) is 16.3. The predicted octanol–water partition coefficient (Wildman–Crippen LogP) is 5.74. The Balaban J connectivity index is 1.32. The number of rotatable bonds is 5. The first-order chi connectivity index (χ1) is 14.3. The summed E-state index contributed by atoms with van der Waals surface area (Å²) in [6.07, 6.45) is 2.56. The molecule has 5 rings (SSSR count). The Morgan fingerprint density at radius 1 is 0.862 bits per heavy atom. The van der Waals surface area contributed by atoms with Gasteiger partial charge in [0.2, 0.25) is 0 Å². The smallest absolute Gasteiger partial charge is 0.130 e. The molecule has 0 aliphatic carbocycles. The Morgan fingerprint density at radius 2 is 1.69 bits per heavy atom. The molecule has 0 fully saturated rings. The number of benzene rings is 3. The Kier molecular flexibility index (Phi) is 4.45. The number of hydrogen-bond acceptors (Lipinski definition) is 3. The van der Waals surface area contributed by atoms with Gasteiger partial charge < -0.3 is 10.3 Å². The van der Waals surface area contributed by atoms with E-state index in [0.717, 1.165) is 35.7 Å². The van der Waals surface area contributed by atoms with Gasteiger partial charge in [0.25, 0.3) is 0 Å². The van der Waals surface area contributed by atoms with Gasteiger partial charge in [-0.3, -0.25) is 0 Å². The zero-order chi connectivity index (χ0) is 19.6. The van der Waals surface area contributed by atoms with Crippen LogP contribution in [0, 0.1) is 6.92 Å². The molecule has 2 N–H and O–H groups in total. The third kappa shape index (κ3) is 3.45. The van der Waals surface area contributed by atoms with Crippen LogP contribution in [0.1, 0.15) is 11.1 Å². The lowest BCUT2D eigenvalue weighted by Crippen LogP contribution is -2.07. The van der Waals surface area contributed by atoms with E-state index in [0.29, 0.717) is 0 Å². The fourth-order valence-corrected chi connectivity index (χ4v) is 3.88. The van der Waals surface area contributed by atoms with Crippen molar-refractivity contribution >= 4 is 27.5 Å². The van der Waals surface area contributed by atoms with Gasteiger partial charge in [-0.1, -0.05) is 54.6 Å². The van der Waals surface area contributed by atoms with E-state index in [9.17, 15) is 0 Å². The molecule has 0 bridgehead atoms. The van der Waals surface area contributed by atoms with Crippen molar-refractivity contribution in [2.75, 3.05) is 11.9 Å². The van der Waals surface area contributed by atoms with Crippen molar-refractivity contribution in [3.8, 4) is 11.4 Å². The van der Waals surface area contributed by atoms with Crippen LogP contribution in [0.5, 0.6) is 0 Å². The monoisotopic (exact) mass is 378 g/mol. The van der Waals surface area contributed by atoms with Crippen LogP contribution in [0.4, 0.5) is 5.82 Å². The first kappa shape index (κ1) is 17.4. The molecule has 0 spiro atoms. The second-order valence-corrected chi connectivity index (χ2v) is 7.31. The van der Waals surface area contributed by atoms with Crippen molar-refractivity contribution in [3.63, 3.8) is 0 Å². The van der Waals surface area contributed by atoms with Crippen molar-refractivity contribution in [3.05, 3.63) is 90.3 Å². The van der Waals surface area contributed by atoms with E-state index in [-0.39, 0.29) is 0 Å². The standard InChI is InChI=1S/C25H22N4/c1-17-18(10-11-19-6-2-4-8-21(17)19)12-13-26-25-15-23(27-16-28-25)24-14-20-7-3-5-9-22(20)29-24/h2-11,14-16,29H,12-13H2,1H3,(H,26,27,28). The number of aryl methyl sites for hydroxylation is 1. The van der Waals surface area contributed by atoms with Crippen molar-refractivity contribution in [2.45, 2.75) is 13.3 Å². The molecule has 4 heteroatoms. The molecule has 0 amide bonds. The van der Waals surface area contributed by atoms with Crippen LogP contribution >= 0.6 is 0 Å². The van der Waals surface area contributed by atoms with Gasteiger partial charge in [0.05, 0.1) is 11.4 Å². The minimum Gasteiger partial charge on any atom is -0.370 e. The highest BCUT2D eigenvalue weighted by atomic mass is 15.0. The van der Waals surface area contributed by atoms with Gasteiger partial charge >= 0.3 is 0 Å². The first-order valence-corrected chi connectivity index (χ1v) is 9.89. The average Bonchev–Trinajstić information content (AvgIpc) is 3.20. The SMILES string of the molecule is Cc1c(CCNc2cc(-c3cc4ccccc4[nH]3)ncn2)ccc2ccccc12. The largest absolute Gasteiger partial charge is 0.370 e. The van der Waals surface area contributed by atoms with Crippen LogP contribution < -0.4 is 5.32 Å². The van der Waals surface area contributed by atoms with E-state index in [1.165, 1.54) is 27.3 Å². The highest BCUT2D eigenvalue weighted by Gasteiger charge is 2.07. The second-order valence-electron chi connectivity index (χ2n) is 7.31.